The molecular weight excluding hydrogens is 451 g/mol. The Bertz CT molecular complexity index is 1200. The molecule has 0 radical (unpaired) electrons. The molecule has 1 aliphatic heterocycles. The fourth-order valence-corrected chi connectivity index (χ4v) is 4.99. The highest BCUT2D eigenvalue weighted by Gasteiger charge is 2.26. The minimum atomic E-state index is -3.54. The van der Waals surface area contributed by atoms with E-state index < -0.39 is 22.9 Å². The number of nitrogens with two attached hydrogens (primary N) is 1. The molecule has 0 saturated carbocycles. The summed E-state index contributed by atoms with van der Waals surface area (Å²) in [6.45, 7) is 2.76. The van der Waals surface area contributed by atoms with Crippen molar-refractivity contribution in [1.29, 1.82) is 0 Å². The van der Waals surface area contributed by atoms with Crippen LogP contribution in [0, 0.1) is 10.1 Å². The van der Waals surface area contributed by atoms with E-state index in [1.807, 2.05) is 48.5 Å². The molecular formula is C22H23N2O6PS. The van der Waals surface area contributed by atoms with Gasteiger partial charge in [-0.3, -0.25) is 10.1 Å². The standard InChI is InChI=1S/C15H17N2O5PS.C7H6O/c1-23(22-10-11-6-4-3-5-7-11)14-9-12(24(2,20)21)8-13(16)15(14)17(18)19;1-2-4-7-6(3-1)5-8-7/h3-9H,10,16H2,1-2H3;1-4H,5H2. The van der Waals surface area contributed by atoms with Gasteiger partial charge in [0.25, 0.3) is 0 Å². The molecule has 4 rings (SSSR count). The number of hydrogen-bond donors (Lipinski definition) is 1. The summed E-state index contributed by atoms with van der Waals surface area (Å²) in [5, 5.41) is 11.5. The van der Waals surface area contributed by atoms with E-state index in [9.17, 15) is 18.5 Å². The molecule has 8 nitrogen and oxygen atoms in total. The zero-order valence-corrected chi connectivity index (χ0v) is 19.3. The van der Waals surface area contributed by atoms with Crippen LogP contribution in [0.3, 0.4) is 0 Å². The zero-order valence-electron chi connectivity index (χ0n) is 17.6. The third kappa shape index (κ3) is 5.82. The summed E-state index contributed by atoms with van der Waals surface area (Å²) in [6, 6.07) is 19.8. The Balaban J connectivity index is 0.000000297. The van der Waals surface area contributed by atoms with Crippen LogP contribution in [0.15, 0.2) is 71.6 Å². The van der Waals surface area contributed by atoms with Crippen molar-refractivity contribution in [3.8, 4) is 5.75 Å². The van der Waals surface area contributed by atoms with E-state index >= 15 is 0 Å². The molecule has 10 heteroatoms. The van der Waals surface area contributed by atoms with Crippen LogP contribution >= 0.6 is 8.15 Å². The van der Waals surface area contributed by atoms with Crippen molar-refractivity contribution in [3.63, 3.8) is 0 Å². The molecule has 1 aliphatic rings. The van der Waals surface area contributed by atoms with E-state index in [0.29, 0.717) is 0 Å². The number of para-hydroxylation sites is 1. The zero-order chi connectivity index (χ0) is 23.3. The first-order chi connectivity index (χ1) is 15.2. The van der Waals surface area contributed by atoms with E-state index in [0.717, 1.165) is 30.2 Å². The summed E-state index contributed by atoms with van der Waals surface area (Å²) in [4.78, 5) is 10.6. The molecule has 2 N–H and O–H groups in total. The van der Waals surface area contributed by atoms with Gasteiger partial charge in [-0.15, -0.1) is 0 Å². The monoisotopic (exact) mass is 474 g/mol. The first kappa shape index (κ1) is 23.7. The van der Waals surface area contributed by atoms with Crippen molar-refractivity contribution in [2.75, 3.05) is 18.7 Å². The Morgan fingerprint density at radius 1 is 1.12 bits per heavy atom. The van der Waals surface area contributed by atoms with Crippen LogP contribution < -0.4 is 15.8 Å². The number of fused-ring (bicyclic) bond motifs is 1. The Hall–Kier alpha value is -3.00. The predicted octanol–water partition coefficient (Wildman–Crippen LogP) is 4.03. The number of rotatable bonds is 6. The molecule has 1 unspecified atom stereocenters. The minimum absolute atomic E-state index is 0.0572. The first-order valence-corrected chi connectivity index (χ1v) is 13.2. The lowest BCUT2D eigenvalue weighted by molar-refractivity contribution is -0.382. The molecule has 0 fully saturated rings. The van der Waals surface area contributed by atoms with E-state index in [1.54, 1.807) is 6.66 Å². The Morgan fingerprint density at radius 3 is 2.28 bits per heavy atom. The van der Waals surface area contributed by atoms with Crippen molar-refractivity contribution in [2.24, 2.45) is 0 Å². The van der Waals surface area contributed by atoms with Crippen LogP contribution in [0.25, 0.3) is 0 Å². The number of nitrogens with zero attached hydrogens (tertiary/aromatic N) is 1. The number of sulfone groups is 1. The molecule has 0 bridgehead atoms. The summed E-state index contributed by atoms with van der Waals surface area (Å²) in [7, 11) is -4.96. The lowest BCUT2D eigenvalue weighted by Gasteiger charge is -2.18. The van der Waals surface area contributed by atoms with Gasteiger partial charge in [0.15, 0.2) is 9.84 Å². The van der Waals surface area contributed by atoms with E-state index in [1.165, 1.54) is 11.6 Å². The summed E-state index contributed by atoms with van der Waals surface area (Å²) in [6.07, 6.45) is 1.03. The second-order valence-electron chi connectivity index (χ2n) is 7.06. The lowest BCUT2D eigenvalue weighted by atomic mass is 10.1. The SMILES string of the molecule is CP(OCc1ccccc1)c1cc(S(C)(=O)=O)cc(N)c1[N+](=O)[O-].c1ccc2c(c1)CO2. The number of nitro groups is 1. The third-order valence-corrected chi connectivity index (χ3v) is 7.29. The largest absolute Gasteiger partial charge is 0.488 e. The van der Waals surface area contributed by atoms with Gasteiger partial charge in [-0.2, -0.15) is 0 Å². The smallest absolute Gasteiger partial charge is 0.302 e. The summed E-state index contributed by atoms with van der Waals surface area (Å²) in [5.41, 5.74) is 7.47. The molecule has 0 aromatic heterocycles. The number of ether oxygens (including phenoxy) is 1. The maximum atomic E-state index is 11.8. The van der Waals surface area contributed by atoms with Crippen molar-refractivity contribution < 1.29 is 22.6 Å². The fourth-order valence-electron chi connectivity index (χ4n) is 2.92. The highest BCUT2D eigenvalue weighted by molar-refractivity contribution is 7.90. The van der Waals surface area contributed by atoms with Gasteiger partial charge >= 0.3 is 5.69 Å². The van der Waals surface area contributed by atoms with Crippen LogP contribution in [0.4, 0.5) is 11.4 Å². The Morgan fingerprint density at radius 2 is 1.78 bits per heavy atom. The van der Waals surface area contributed by atoms with Crippen LogP contribution in [0.5, 0.6) is 5.75 Å². The summed E-state index contributed by atoms with van der Waals surface area (Å²) >= 11 is 0. The van der Waals surface area contributed by atoms with Crippen LogP contribution in [0.1, 0.15) is 11.1 Å². The number of hydrogen-bond acceptors (Lipinski definition) is 7. The van der Waals surface area contributed by atoms with E-state index in [2.05, 4.69) is 6.07 Å². The highest BCUT2D eigenvalue weighted by atomic mass is 32.2. The normalized spacial score (nSPS) is 12.9. The molecule has 0 spiro atoms. The predicted molar refractivity (Wildman–Crippen MR) is 125 cm³/mol. The molecule has 0 saturated heterocycles. The number of anilines is 1. The Labute approximate surface area is 187 Å². The Kier molecular flexibility index (Phi) is 7.45. The third-order valence-electron chi connectivity index (χ3n) is 4.67. The topological polar surface area (TPSA) is 122 Å². The number of benzene rings is 3. The second kappa shape index (κ2) is 10.1. The maximum absolute atomic E-state index is 11.8. The lowest BCUT2D eigenvalue weighted by Crippen LogP contribution is -2.14. The fraction of sp³-hybridized carbons (Fsp3) is 0.182. The number of nitrogen functional groups attached to an aromatic ring is 1. The van der Waals surface area contributed by atoms with Crippen molar-refractivity contribution in [3.05, 3.63) is 88.0 Å². The molecule has 1 atom stereocenters. The van der Waals surface area contributed by atoms with Crippen LogP contribution in [-0.4, -0.2) is 26.3 Å². The van der Waals surface area contributed by atoms with Gasteiger partial charge in [0.05, 0.1) is 29.9 Å². The van der Waals surface area contributed by atoms with Gasteiger partial charge in [0.2, 0.25) is 0 Å². The summed E-state index contributed by atoms with van der Waals surface area (Å²) in [5.74, 6) is 1.05. The van der Waals surface area contributed by atoms with Gasteiger partial charge in [-0.1, -0.05) is 48.5 Å². The average molecular weight is 474 g/mol. The van der Waals surface area contributed by atoms with Gasteiger partial charge in [0.1, 0.15) is 18.0 Å². The maximum Gasteiger partial charge on any atom is 0.302 e. The average Bonchev–Trinajstić information content (AvgIpc) is 2.72. The van der Waals surface area contributed by atoms with Gasteiger partial charge in [-0.25, -0.2) is 8.42 Å². The minimum Gasteiger partial charge on any atom is -0.488 e. The van der Waals surface area contributed by atoms with Crippen molar-refractivity contribution >= 4 is 34.7 Å². The van der Waals surface area contributed by atoms with Crippen LogP contribution in [-0.2, 0) is 27.6 Å². The molecule has 3 aromatic rings. The molecule has 0 amide bonds. The first-order valence-electron chi connectivity index (χ1n) is 9.56. The van der Waals surface area contributed by atoms with Gasteiger partial charge in [-0.05, 0) is 30.4 Å². The second-order valence-corrected chi connectivity index (χ2v) is 10.8. The number of nitro benzene ring substituents is 1. The van der Waals surface area contributed by atoms with Gasteiger partial charge in [0, 0.05) is 11.8 Å². The highest BCUT2D eigenvalue weighted by Crippen LogP contribution is 2.39. The molecule has 1 heterocycles. The molecule has 3 aromatic carbocycles. The summed E-state index contributed by atoms with van der Waals surface area (Å²) < 4.78 is 34.3. The van der Waals surface area contributed by atoms with Crippen LogP contribution in [0.2, 0.25) is 0 Å². The molecule has 0 aliphatic carbocycles. The molecule has 168 valence electrons. The van der Waals surface area contributed by atoms with Crippen molar-refractivity contribution in [1.82, 2.24) is 0 Å². The van der Waals surface area contributed by atoms with Gasteiger partial charge < -0.3 is 15.0 Å². The van der Waals surface area contributed by atoms with E-state index in [4.69, 9.17) is 15.0 Å². The molecule has 32 heavy (non-hydrogen) atoms. The quantitative estimate of drug-likeness (QED) is 0.248. The van der Waals surface area contributed by atoms with E-state index in [-0.39, 0.29) is 28.2 Å². The van der Waals surface area contributed by atoms with Crippen molar-refractivity contribution in [2.45, 2.75) is 18.1 Å².